The first-order chi connectivity index (χ1) is 8.26. The van der Waals surface area contributed by atoms with E-state index in [0.717, 1.165) is 5.69 Å². The molecule has 0 aliphatic heterocycles. The Bertz CT molecular complexity index is 479. The van der Waals surface area contributed by atoms with Gasteiger partial charge in [0, 0.05) is 23.5 Å². The fourth-order valence-corrected chi connectivity index (χ4v) is 1.73. The highest BCUT2D eigenvalue weighted by atomic mass is 16.5. The van der Waals surface area contributed by atoms with Crippen molar-refractivity contribution in [2.75, 3.05) is 14.2 Å². The van der Waals surface area contributed by atoms with Crippen LogP contribution in [0.25, 0.3) is 0 Å². The van der Waals surface area contributed by atoms with Crippen LogP contribution < -0.4 is 9.47 Å². The van der Waals surface area contributed by atoms with Crippen LogP contribution in [0.3, 0.4) is 0 Å². The highest BCUT2D eigenvalue weighted by Gasteiger charge is 2.16. The van der Waals surface area contributed by atoms with Crippen LogP contribution in [0.5, 0.6) is 11.5 Å². The van der Waals surface area contributed by atoms with Crippen molar-refractivity contribution in [1.29, 1.82) is 0 Å². The molecule has 90 valence electrons. The fraction of sp³-hybridized carbons (Fsp3) is 0.231. The predicted molar refractivity (Wildman–Crippen MR) is 64.4 cm³/mol. The van der Waals surface area contributed by atoms with E-state index in [1.807, 2.05) is 12.1 Å². The Morgan fingerprint density at radius 2 is 2.00 bits per heavy atom. The van der Waals surface area contributed by atoms with Gasteiger partial charge < -0.3 is 19.6 Å². The minimum absolute atomic E-state index is 0.603. The van der Waals surface area contributed by atoms with E-state index in [2.05, 4.69) is 4.98 Å². The van der Waals surface area contributed by atoms with Gasteiger partial charge in [-0.15, -0.1) is 0 Å². The molecule has 0 saturated heterocycles. The number of aromatic nitrogens is 1. The topological polar surface area (TPSA) is 54.5 Å². The molecule has 2 N–H and O–H groups in total. The number of aliphatic hydroxyl groups excluding tert-OH is 1. The lowest BCUT2D eigenvalue weighted by atomic mass is 10.1. The van der Waals surface area contributed by atoms with Crippen molar-refractivity contribution in [3.05, 3.63) is 47.8 Å². The minimum atomic E-state index is -0.731. The second-order valence-electron chi connectivity index (χ2n) is 3.64. The maximum absolute atomic E-state index is 10.2. The third kappa shape index (κ3) is 2.26. The van der Waals surface area contributed by atoms with Crippen LogP contribution >= 0.6 is 0 Å². The van der Waals surface area contributed by atoms with Gasteiger partial charge in [0.1, 0.15) is 17.6 Å². The molecule has 0 saturated carbocycles. The van der Waals surface area contributed by atoms with Crippen LogP contribution in [0, 0.1) is 0 Å². The van der Waals surface area contributed by atoms with E-state index in [0.29, 0.717) is 17.1 Å². The number of aromatic amines is 1. The molecule has 1 aromatic heterocycles. The zero-order valence-electron chi connectivity index (χ0n) is 9.81. The van der Waals surface area contributed by atoms with E-state index < -0.39 is 6.10 Å². The maximum atomic E-state index is 10.2. The van der Waals surface area contributed by atoms with Gasteiger partial charge in [-0.05, 0) is 24.3 Å². The first-order valence-electron chi connectivity index (χ1n) is 5.29. The van der Waals surface area contributed by atoms with E-state index in [-0.39, 0.29) is 0 Å². The summed E-state index contributed by atoms with van der Waals surface area (Å²) < 4.78 is 10.4. The molecule has 0 spiro atoms. The zero-order valence-corrected chi connectivity index (χ0v) is 9.81. The smallest absolute Gasteiger partial charge is 0.128 e. The Morgan fingerprint density at radius 1 is 1.18 bits per heavy atom. The lowest BCUT2D eigenvalue weighted by molar-refractivity contribution is 0.210. The summed E-state index contributed by atoms with van der Waals surface area (Å²) in [6, 6.07) is 9.01. The summed E-state index contributed by atoms with van der Waals surface area (Å²) in [7, 11) is 3.16. The van der Waals surface area contributed by atoms with E-state index in [9.17, 15) is 5.11 Å². The Labute approximate surface area is 99.8 Å². The molecule has 0 fully saturated rings. The maximum Gasteiger partial charge on any atom is 0.128 e. The molecule has 0 radical (unpaired) electrons. The molecule has 4 heteroatoms. The normalized spacial score (nSPS) is 12.2. The van der Waals surface area contributed by atoms with Gasteiger partial charge in [-0.1, -0.05) is 0 Å². The van der Waals surface area contributed by atoms with Gasteiger partial charge in [-0.3, -0.25) is 0 Å². The number of methoxy groups -OCH3 is 2. The van der Waals surface area contributed by atoms with Crippen molar-refractivity contribution in [2.45, 2.75) is 6.10 Å². The molecule has 2 aromatic rings. The van der Waals surface area contributed by atoms with E-state index in [1.165, 1.54) is 0 Å². The van der Waals surface area contributed by atoms with E-state index >= 15 is 0 Å². The summed E-state index contributed by atoms with van der Waals surface area (Å²) in [5, 5.41) is 10.2. The van der Waals surface area contributed by atoms with Crippen molar-refractivity contribution in [2.24, 2.45) is 0 Å². The molecule has 1 heterocycles. The van der Waals surface area contributed by atoms with Crippen LogP contribution in [-0.2, 0) is 0 Å². The van der Waals surface area contributed by atoms with Crippen molar-refractivity contribution < 1.29 is 14.6 Å². The lowest BCUT2D eigenvalue weighted by Gasteiger charge is -2.14. The number of hydrogen-bond acceptors (Lipinski definition) is 3. The first-order valence-corrected chi connectivity index (χ1v) is 5.29. The van der Waals surface area contributed by atoms with E-state index in [1.54, 1.807) is 38.6 Å². The molecule has 2 rings (SSSR count). The molecule has 0 aliphatic rings. The van der Waals surface area contributed by atoms with Gasteiger partial charge in [0.15, 0.2) is 0 Å². The zero-order chi connectivity index (χ0) is 12.3. The van der Waals surface area contributed by atoms with Crippen LogP contribution in [0.4, 0.5) is 0 Å². The van der Waals surface area contributed by atoms with Gasteiger partial charge in [0.2, 0.25) is 0 Å². The van der Waals surface area contributed by atoms with Crippen molar-refractivity contribution in [1.82, 2.24) is 4.98 Å². The SMILES string of the molecule is COc1ccc(C(O)c2ccc[nH]2)c(OC)c1. The van der Waals surface area contributed by atoms with Crippen molar-refractivity contribution in [3.63, 3.8) is 0 Å². The van der Waals surface area contributed by atoms with Gasteiger partial charge in [0.25, 0.3) is 0 Å². The first kappa shape index (κ1) is 11.5. The quantitative estimate of drug-likeness (QED) is 0.850. The Morgan fingerprint density at radius 3 is 2.59 bits per heavy atom. The van der Waals surface area contributed by atoms with Crippen LogP contribution in [0.2, 0.25) is 0 Å². The molecule has 1 atom stereocenters. The fourth-order valence-electron chi connectivity index (χ4n) is 1.73. The molecule has 1 aromatic carbocycles. The molecule has 0 bridgehead atoms. The summed E-state index contributed by atoms with van der Waals surface area (Å²) in [6.07, 6.45) is 1.04. The summed E-state index contributed by atoms with van der Waals surface area (Å²) in [5.74, 6) is 1.30. The van der Waals surface area contributed by atoms with Crippen molar-refractivity contribution >= 4 is 0 Å². The third-order valence-electron chi connectivity index (χ3n) is 2.65. The van der Waals surface area contributed by atoms with Crippen LogP contribution in [0.15, 0.2) is 36.5 Å². The Hall–Kier alpha value is -1.94. The summed E-state index contributed by atoms with van der Waals surface area (Å²) >= 11 is 0. The van der Waals surface area contributed by atoms with Gasteiger partial charge in [0.05, 0.1) is 14.2 Å². The predicted octanol–water partition coefficient (Wildman–Crippen LogP) is 2.11. The Balaban J connectivity index is 2.38. The van der Waals surface area contributed by atoms with Crippen molar-refractivity contribution in [3.8, 4) is 11.5 Å². The molecule has 0 amide bonds. The second-order valence-corrected chi connectivity index (χ2v) is 3.64. The average molecular weight is 233 g/mol. The molecular formula is C13H15NO3. The molecule has 17 heavy (non-hydrogen) atoms. The molecule has 1 unspecified atom stereocenters. The Kier molecular flexibility index (Phi) is 3.35. The van der Waals surface area contributed by atoms with Gasteiger partial charge in [-0.25, -0.2) is 0 Å². The summed E-state index contributed by atoms with van der Waals surface area (Å²) in [4.78, 5) is 2.98. The van der Waals surface area contributed by atoms with Crippen LogP contribution in [-0.4, -0.2) is 24.3 Å². The number of ether oxygens (including phenoxy) is 2. The summed E-state index contributed by atoms with van der Waals surface area (Å²) in [5.41, 5.74) is 1.43. The number of rotatable bonds is 4. The van der Waals surface area contributed by atoms with Gasteiger partial charge in [-0.2, -0.15) is 0 Å². The largest absolute Gasteiger partial charge is 0.497 e. The average Bonchev–Trinajstić information content (AvgIpc) is 2.91. The second kappa shape index (κ2) is 4.93. The van der Waals surface area contributed by atoms with E-state index in [4.69, 9.17) is 9.47 Å². The standard InChI is InChI=1S/C13H15NO3/c1-16-9-5-6-10(12(8-9)17-2)13(15)11-4-3-7-14-11/h3-8,13-15H,1-2H3. The third-order valence-corrected chi connectivity index (χ3v) is 2.65. The molecule has 0 aliphatic carbocycles. The molecular weight excluding hydrogens is 218 g/mol. The number of nitrogens with one attached hydrogen (secondary N) is 1. The monoisotopic (exact) mass is 233 g/mol. The minimum Gasteiger partial charge on any atom is -0.497 e. The lowest BCUT2D eigenvalue weighted by Crippen LogP contribution is -2.03. The summed E-state index contributed by atoms with van der Waals surface area (Å²) in [6.45, 7) is 0. The molecule has 4 nitrogen and oxygen atoms in total. The van der Waals surface area contributed by atoms with Gasteiger partial charge >= 0.3 is 0 Å². The highest BCUT2D eigenvalue weighted by molar-refractivity contribution is 5.44. The highest BCUT2D eigenvalue weighted by Crippen LogP contribution is 2.32. The van der Waals surface area contributed by atoms with Crippen LogP contribution in [0.1, 0.15) is 17.4 Å². The number of H-pyrrole nitrogens is 1. The number of benzene rings is 1. The number of hydrogen-bond donors (Lipinski definition) is 2. The number of aliphatic hydroxyl groups is 1.